The number of methoxy groups -OCH3 is 1. The van der Waals surface area contributed by atoms with Gasteiger partial charge in [0.25, 0.3) is 5.91 Å². The Balaban J connectivity index is 1.81. The topological polar surface area (TPSA) is 58.6 Å². The summed E-state index contributed by atoms with van der Waals surface area (Å²) in [5.74, 6) is 0.815. The molecule has 0 spiro atoms. The predicted octanol–water partition coefficient (Wildman–Crippen LogP) is 3.09. The van der Waals surface area contributed by atoms with E-state index in [2.05, 4.69) is 5.32 Å². The predicted molar refractivity (Wildman–Crippen MR) is 87.1 cm³/mol. The van der Waals surface area contributed by atoms with E-state index in [1.165, 1.54) is 11.3 Å². The maximum absolute atomic E-state index is 12.9. The average Bonchev–Trinajstić information content (AvgIpc) is 2.80. The van der Waals surface area contributed by atoms with E-state index < -0.39 is 5.54 Å². The number of urea groups is 1. The molecule has 1 N–H and O–H groups in total. The van der Waals surface area contributed by atoms with E-state index in [0.717, 1.165) is 31.2 Å². The lowest BCUT2D eigenvalue weighted by atomic mass is 9.75. The Morgan fingerprint density at radius 1 is 1.22 bits per heavy atom. The summed E-state index contributed by atoms with van der Waals surface area (Å²) in [5.41, 5.74) is 0.0749. The number of amides is 3. The number of rotatable bonds is 4. The molecular weight excluding hydrogens is 292 g/mol. The van der Waals surface area contributed by atoms with Gasteiger partial charge in [0.15, 0.2) is 0 Å². The zero-order valence-corrected chi connectivity index (χ0v) is 13.8. The van der Waals surface area contributed by atoms with E-state index in [1.807, 2.05) is 31.2 Å². The van der Waals surface area contributed by atoms with Gasteiger partial charge in [0.2, 0.25) is 0 Å². The van der Waals surface area contributed by atoms with Crippen LogP contribution >= 0.6 is 0 Å². The van der Waals surface area contributed by atoms with Crippen molar-refractivity contribution in [3.63, 3.8) is 0 Å². The summed E-state index contributed by atoms with van der Waals surface area (Å²) in [5, 5.41) is 2.95. The molecule has 3 rings (SSSR count). The molecular formula is C18H24N2O3. The van der Waals surface area contributed by atoms with Crippen LogP contribution in [0.5, 0.6) is 5.75 Å². The molecule has 1 saturated carbocycles. The summed E-state index contributed by atoms with van der Waals surface area (Å²) < 4.78 is 5.32. The first-order chi connectivity index (χ1) is 11.1. The van der Waals surface area contributed by atoms with Crippen molar-refractivity contribution in [3.8, 4) is 5.75 Å². The first-order valence-corrected chi connectivity index (χ1v) is 8.32. The summed E-state index contributed by atoms with van der Waals surface area (Å²) >= 11 is 0. The lowest BCUT2D eigenvalue weighted by molar-refractivity contribution is -0.133. The molecule has 23 heavy (non-hydrogen) atoms. The van der Waals surface area contributed by atoms with Crippen LogP contribution in [0.2, 0.25) is 0 Å². The van der Waals surface area contributed by atoms with Crippen LogP contribution in [-0.2, 0) is 11.3 Å². The number of hydrogen-bond donors (Lipinski definition) is 1. The van der Waals surface area contributed by atoms with Gasteiger partial charge < -0.3 is 10.1 Å². The molecule has 5 heteroatoms. The van der Waals surface area contributed by atoms with Crippen molar-refractivity contribution in [1.29, 1.82) is 0 Å². The third-order valence-electron chi connectivity index (χ3n) is 5.24. The Hall–Kier alpha value is -2.04. The van der Waals surface area contributed by atoms with Gasteiger partial charge in [-0.05, 0) is 31.7 Å². The summed E-state index contributed by atoms with van der Waals surface area (Å²) in [4.78, 5) is 26.7. The number of carbonyl (C=O) groups is 2. The van der Waals surface area contributed by atoms with Crippen LogP contribution in [0.4, 0.5) is 4.79 Å². The molecule has 3 amide bonds. The van der Waals surface area contributed by atoms with Crippen LogP contribution in [0.25, 0.3) is 0 Å². The van der Waals surface area contributed by atoms with Gasteiger partial charge in [-0.1, -0.05) is 37.5 Å². The van der Waals surface area contributed by atoms with Crippen LogP contribution < -0.4 is 10.1 Å². The number of ether oxygens (including phenoxy) is 1. The molecule has 1 atom stereocenters. The van der Waals surface area contributed by atoms with E-state index in [4.69, 9.17) is 4.74 Å². The molecule has 0 bridgehead atoms. The molecule has 0 radical (unpaired) electrons. The van der Waals surface area contributed by atoms with Crippen LogP contribution in [0.1, 0.15) is 44.6 Å². The minimum atomic E-state index is -0.764. The van der Waals surface area contributed by atoms with Crippen molar-refractivity contribution < 1.29 is 14.3 Å². The molecule has 1 aromatic carbocycles. The van der Waals surface area contributed by atoms with Crippen LogP contribution in [0.15, 0.2) is 24.3 Å². The quantitative estimate of drug-likeness (QED) is 0.868. The molecule has 1 aliphatic heterocycles. The van der Waals surface area contributed by atoms with Gasteiger partial charge in [-0.15, -0.1) is 0 Å². The molecule has 0 unspecified atom stereocenters. The molecule has 2 fully saturated rings. The van der Waals surface area contributed by atoms with Crippen molar-refractivity contribution in [2.75, 3.05) is 7.11 Å². The number of hydrogen-bond acceptors (Lipinski definition) is 3. The smallest absolute Gasteiger partial charge is 0.325 e. The Morgan fingerprint density at radius 3 is 2.61 bits per heavy atom. The van der Waals surface area contributed by atoms with Crippen LogP contribution in [0, 0.1) is 5.92 Å². The molecule has 1 aromatic rings. The van der Waals surface area contributed by atoms with Gasteiger partial charge in [-0.3, -0.25) is 9.69 Å². The van der Waals surface area contributed by atoms with E-state index in [0.29, 0.717) is 5.75 Å². The maximum Gasteiger partial charge on any atom is 0.325 e. The SMILES string of the molecule is COc1ccccc1CN1C(=O)N[C@@](C)(C2CCCCC2)C1=O. The normalized spacial score (nSPS) is 25.6. The number of nitrogens with zero attached hydrogens (tertiary/aromatic N) is 1. The first kappa shape index (κ1) is 15.8. The molecule has 1 saturated heterocycles. The summed E-state index contributed by atoms with van der Waals surface area (Å²) in [6, 6.07) is 7.19. The Bertz CT molecular complexity index is 610. The number of imide groups is 1. The lowest BCUT2D eigenvalue weighted by Gasteiger charge is -2.34. The fourth-order valence-electron chi connectivity index (χ4n) is 3.82. The third-order valence-corrected chi connectivity index (χ3v) is 5.24. The molecule has 1 heterocycles. The van der Waals surface area contributed by atoms with Crippen molar-refractivity contribution in [2.45, 2.75) is 51.1 Å². The lowest BCUT2D eigenvalue weighted by Crippen LogP contribution is -2.51. The molecule has 5 nitrogen and oxygen atoms in total. The minimum Gasteiger partial charge on any atom is -0.496 e. The summed E-state index contributed by atoms with van der Waals surface area (Å²) in [6.45, 7) is 2.13. The highest BCUT2D eigenvalue weighted by molar-refractivity contribution is 6.07. The molecule has 1 aliphatic carbocycles. The summed E-state index contributed by atoms with van der Waals surface area (Å²) in [7, 11) is 1.59. The zero-order chi connectivity index (χ0) is 16.4. The second-order valence-corrected chi connectivity index (χ2v) is 6.67. The number of para-hydroxylation sites is 1. The summed E-state index contributed by atoms with van der Waals surface area (Å²) in [6.07, 6.45) is 5.50. The highest BCUT2D eigenvalue weighted by Gasteiger charge is 2.52. The van der Waals surface area contributed by atoms with Crippen molar-refractivity contribution in [2.24, 2.45) is 5.92 Å². The van der Waals surface area contributed by atoms with Gasteiger partial charge in [0, 0.05) is 5.56 Å². The van der Waals surface area contributed by atoms with Crippen LogP contribution in [0.3, 0.4) is 0 Å². The number of benzene rings is 1. The van der Waals surface area contributed by atoms with E-state index in [9.17, 15) is 9.59 Å². The van der Waals surface area contributed by atoms with Gasteiger partial charge in [0.1, 0.15) is 11.3 Å². The molecule has 2 aliphatic rings. The fraction of sp³-hybridized carbons (Fsp3) is 0.556. The van der Waals surface area contributed by atoms with Gasteiger partial charge in [-0.2, -0.15) is 0 Å². The number of carbonyl (C=O) groups excluding carboxylic acids is 2. The number of nitrogens with one attached hydrogen (secondary N) is 1. The maximum atomic E-state index is 12.9. The first-order valence-electron chi connectivity index (χ1n) is 8.32. The zero-order valence-electron chi connectivity index (χ0n) is 13.8. The van der Waals surface area contributed by atoms with Gasteiger partial charge in [-0.25, -0.2) is 4.79 Å². The van der Waals surface area contributed by atoms with Gasteiger partial charge in [0.05, 0.1) is 13.7 Å². The molecule has 124 valence electrons. The monoisotopic (exact) mass is 316 g/mol. The van der Waals surface area contributed by atoms with Crippen molar-refractivity contribution >= 4 is 11.9 Å². The fourth-order valence-corrected chi connectivity index (χ4v) is 3.82. The third kappa shape index (κ3) is 2.80. The van der Waals surface area contributed by atoms with Crippen molar-refractivity contribution in [1.82, 2.24) is 10.2 Å². The second kappa shape index (κ2) is 6.22. The van der Waals surface area contributed by atoms with E-state index in [-0.39, 0.29) is 24.4 Å². The molecule has 0 aromatic heterocycles. The standard InChI is InChI=1S/C18H24N2O3/c1-18(14-9-4-3-5-10-14)16(21)20(17(22)19-18)12-13-8-6-7-11-15(13)23-2/h6-8,11,14H,3-5,9-10,12H2,1-2H3,(H,19,22)/t18-/m0/s1. The van der Waals surface area contributed by atoms with E-state index in [1.54, 1.807) is 7.11 Å². The van der Waals surface area contributed by atoms with Gasteiger partial charge >= 0.3 is 6.03 Å². The highest BCUT2D eigenvalue weighted by atomic mass is 16.5. The largest absolute Gasteiger partial charge is 0.496 e. The Labute approximate surface area is 137 Å². The highest BCUT2D eigenvalue weighted by Crippen LogP contribution is 2.37. The van der Waals surface area contributed by atoms with Crippen molar-refractivity contribution in [3.05, 3.63) is 29.8 Å². The Morgan fingerprint density at radius 2 is 1.91 bits per heavy atom. The van der Waals surface area contributed by atoms with E-state index >= 15 is 0 Å². The minimum absolute atomic E-state index is 0.111. The Kier molecular flexibility index (Phi) is 4.28. The average molecular weight is 316 g/mol. The second-order valence-electron chi connectivity index (χ2n) is 6.67. The van der Waals surface area contributed by atoms with Crippen LogP contribution in [-0.4, -0.2) is 29.5 Å².